The molecule has 0 aromatic carbocycles. The highest BCUT2D eigenvalue weighted by Gasteiger charge is 1.95. The maximum absolute atomic E-state index is 12.3. The van der Waals surface area contributed by atoms with Crippen LogP contribution in [-0.2, 0) is 0 Å². The Labute approximate surface area is 97.2 Å². The summed E-state index contributed by atoms with van der Waals surface area (Å²) in [5.74, 6) is -1.78. The van der Waals surface area contributed by atoms with Crippen molar-refractivity contribution in [2.75, 3.05) is 0 Å². The van der Waals surface area contributed by atoms with Gasteiger partial charge in [0.05, 0.1) is 5.69 Å². The number of aryl methyl sites for hydroxylation is 2. The van der Waals surface area contributed by atoms with Crippen molar-refractivity contribution in [2.24, 2.45) is 0 Å². The summed E-state index contributed by atoms with van der Waals surface area (Å²) in [6.07, 6.45) is 1.57. The summed E-state index contributed by atoms with van der Waals surface area (Å²) in [5.41, 5.74) is 0.993. The maximum Gasteiger partial charge on any atom is 0.215 e. The van der Waals surface area contributed by atoms with Crippen molar-refractivity contribution >= 4 is 0 Å². The number of hydrogen-bond donors (Lipinski definition) is 0. The highest BCUT2D eigenvalue weighted by molar-refractivity contribution is 5.08. The van der Waals surface area contributed by atoms with Crippen molar-refractivity contribution in [3.8, 4) is 0 Å². The molecule has 0 aliphatic rings. The van der Waals surface area contributed by atoms with Crippen molar-refractivity contribution in [3.05, 3.63) is 59.4 Å². The van der Waals surface area contributed by atoms with E-state index >= 15 is 0 Å². The Morgan fingerprint density at radius 2 is 1.59 bits per heavy atom. The van der Waals surface area contributed by atoms with E-state index in [0.29, 0.717) is 11.3 Å². The number of hydrogen-bond acceptors (Lipinski definition) is 2. The first-order valence-electron chi connectivity index (χ1n) is 4.86. The number of aromatic nitrogens is 2. The molecule has 2 nitrogen and oxygen atoms in total. The summed E-state index contributed by atoms with van der Waals surface area (Å²) in [6.45, 7) is 3.24. The van der Waals surface area contributed by atoms with Crippen molar-refractivity contribution < 1.29 is 13.2 Å². The zero-order chi connectivity index (χ0) is 12.8. The van der Waals surface area contributed by atoms with Gasteiger partial charge in [0.15, 0.2) is 0 Å². The molecule has 0 aliphatic heterocycles. The van der Waals surface area contributed by atoms with Gasteiger partial charge in [-0.15, -0.1) is 0 Å². The Balaban J connectivity index is 0.000000171. The van der Waals surface area contributed by atoms with Gasteiger partial charge in [0.25, 0.3) is 0 Å². The molecular formula is C12H11F3N2. The quantitative estimate of drug-likeness (QED) is 0.661. The molecule has 0 amide bonds. The lowest BCUT2D eigenvalue weighted by Crippen LogP contribution is -1.87. The molecule has 90 valence electrons. The second-order valence-electron chi connectivity index (χ2n) is 3.36. The molecule has 0 spiro atoms. The molecule has 0 fully saturated rings. The molecule has 0 atom stereocenters. The first-order chi connectivity index (χ1) is 7.99. The van der Waals surface area contributed by atoms with E-state index in [1.165, 1.54) is 18.2 Å². The predicted octanol–water partition coefficient (Wildman–Crippen LogP) is 3.20. The fraction of sp³-hybridized carbons (Fsp3) is 0.167. The number of pyridine rings is 2. The van der Waals surface area contributed by atoms with Crippen LogP contribution in [0, 0.1) is 31.6 Å². The van der Waals surface area contributed by atoms with Crippen LogP contribution in [0.3, 0.4) is 0 Å². The van der Waals surface area contributed by atoms with Gasteiger partial charge in [-0.05, 0) is 43.7 Å². The van der Waals surface area contributed by atoms with E-state index in [2.05, 4.69) is 9.97 Å². The molecular weight excluding hydrogens is 229 g/mol. The van der Waals surface area contributed by atoms with Crippen molar-refractivity contribution in [3.63, 3.8) is 0 Å². The van der Waals surface area contributed by atoms with Gasteiger partial charge in [-0.25, -0.2) is 4.39 Å². The van der Waals surface area contributed by atoms with Crippen molar-refractivity contribution in [1.29, 1.82) is 0 Å². The van der Waals surface area contributed by atoms with Crippen LogP contribution in [0.2, 0.25) is 0 Å². The molecule has 0 unspecified atom stereocenters. The first kappa shape index (κ1) is 13.2. The summed E-state index contributed by atoms with van der Waals surface area (Å²) in [6, 6.07) is 5.30. The van der Waals surface area contributed by atoms with E-state index in [-0.39, 0.29) is 5.82 Å². The summed E-state index contributed by atoms with van der Waals surface area (Å²) in [4.78, 5) is 6.60. The molecule has 2 aromatic heterocycles. The minimum absolute atomic E-state index is 0.243. The molecule has 2 rings (SSSR count). The monoisotopic (exact) mass is 240 g/mol. The molecule has 0 saturated carbocycles. The van der Waals surface area contributed by atoms with E-state index in [0.717, 1.165) is 0 Å². The van der Waals surface area contributed by atoms with Crippen LogP contribution in [0.4, 0.5) is 13.2 Å². The van der Waals surface area contributed by atoms with Crippen LogP contribution in [-0.4, -0.2) is 9.97 Å². The summed E-state index contributed by atoms with van der Waals surface area (Å²) < 4.78 is 36.4. The van der Waals surface area contributed by atoms with Gasteiger partial charge >= 0.3 is 0 Å². The second kappa shape index (κ2) is 5.98. The third-order valence-corrected chi connectivity index (χ3v) is 1.85. The van der Waals surface area contributed by atoms with Crippen molar-refractivity contribution in [2.45, 2.75) is 13.8 Å². The van der Waals surface area contributed by atoms with Gasteiger partial charge in [0.1, 0.15) is 5.82 Å². The van der Waals surface area contributed by atoms with Gasteiger partial charge < -0.3 is 0 Å². The minimum atomic E-state index is -0.771. The molecule has 0 bridgehead atoms. The predicted molar refractivity (Wildman–Crippen MR) is 57.8 cm³/mol. The summed E-state index contributed by atoms with van der Waals surface area (Å²) in [5, 5.41) is 0. The fourth-order valence-electron chi connectivity index (χ4n) is 1.05. The largest absolute Gasteiger partial charge is 0.259 e. The lowest BCUT2D eigenvalue weighted by atomic mass is 10.3. The zero-order valence-electron chi connectivity index (χ0n) is 9.42. The summed E-state index contributed by atoms with van der Waals surface area (Å²) in [7, 11) is 0. The lowest BCUT2D eigenvalue weighted by Gasteiger charge is -1.90. The van der Waals surface area contributed by atoms with E-state index in [1.54, 1.807) is 26.1 Å². The van der Waals surface area contributed by atoms with E-state index in [9.17, 15) is 13.2 Å². The van der Waals surface area contributed by atoms with Gasteiger partial charge in [0, 0.05) is 6.20 Å². The standard InChI is InChI=1S/C6H5F2N.C6H6FN/c1-4-2-5(7)9-6(8)3-4;1-5-6(7)3-2-4-8-5/h2-3H,1H3;2-4H,1H3. The molecule has 0 aliphatic carbocycles. The Kier molecular flexibility index (Phi) is 4.63. The number of halogens is 3. The van der Waals surface area contributed by atoms with Crippen LogP contribution in [0.5, 0.6) is 0 Å². The van der Waals surface area contributed by atoms with Crippen LogP contribution in [0.1, 0.15) is 11.3 Å². The average molecular weight is 240 g/mol. The SMILES string of the molecule is Cc1cc(F)nc(F)c1.Cc1ncccc1F. The second-order valence-corrected chi connectivity index (χ2v) is 3.36. The smallest absolute Gasteiger partial charge is 0.215 e. The van der Waals surface area contributed by atoms with Crippen LogP contribution >= 0.6 is 0 Å². The van der Waals surface area contributed by atoms with Gasteiger partial charge in [-0.1, -0.05) is 0 Å². The molecule has 5 heteroatoms. The van der Waals surface area contributed by atoms with Crippen LogP contribution in [0.25, 0.3) is 0 Å². The minimum Gasteiger partial charge on any atom is -0.259 e. The van der Waals surface area contributed by atoms with Gasteiger partial charge in [0.2, 0.25) is 11.9 Å². The molecule has 17 heavy (non-hydrogen) atoms. The Hall–Kier alpha value is -1.91. The first-order valence-corrected chi connectivity index (χ1v) is 4.86. The highest BCUT2D eigenvalue weighted by atomic mass is 19.1. The Morgan fingerprint density at radius 1 is 1.00 bits per heavy atom. The van der Waals surface area contributed by atoms with E-state index < -0.39 is 11.9 Å². The number of rotatable bonds is 0. The fourth-order valence-corrected chi connectivity index (χ4v) is 1.05. The van der Waals surface area contributed by atoms with E-state index in [1.807, 2.05) is 0 Å². The van der Waals surface area contributed by atoms with Gasteiger partial charge in [-0.2, -0.15) is 13.8 Å². The highest BCUT2D eigenvalue weighted by Crippen LogP contribution is 2.01. The third kappa shape index (κ3) is 4.63. The van der Waals surface area contributed by atoms with Gasteiger partial charge in [-0.3, -0.25) is 4.98 Å². The molecule has 2 aromatic rings. The Bertz CT molecular complexity index is 429. The van der Waals surface area contributed by atoms with Crippen LogP contribution < -0.4 is 0 Å². The van der Waals surface area contributed by atoms with Crippen molar-refractivity contribution in [1.82, 2.24) is 9.97 Å². The zero-order valence-corrected chi connectivity index (χ0v) is 9.42. The third-order valence-electron chi connectivity index (χ3n) is 1.85. The molecule has 0 saturated heterocycles. The lowest BCUT2D eigenvalue weighted by molar-refractivity contribution is 0.511. The normalized spacial score (nSPS) is 9.47. The Morgan fingerprint density at radius 3 is 1.94 bits per heavy atom. The molecule has 0 radical (unpaired) electrons. The van der Waals surface area contributed by atoms with E-state index in [4.69, 9.17) is 0 Å². The maximum atomic E-state index is 12.3. The topological polar surface area (TPSA) is 25.8 Å². The average Bonchev–Trinajstić information content (AvgIpc) is 2.21. The molecule has 2 heterocycles. The van der Waals surface area contributed by atoms with Crippen LogP contribution in [0.15, 0.2) is 30.5 Å². The molecule has 0 N–H and O–H groups in total. The number of nitrogens with zero attached hydrogens (tertiary/aromatic N) is 2. The summed E-state index contributed by atoms with van der Waals surface area (Å²) >= 11 is 0.